The van der Waals surface area contributed by atoms with Crippen molar-refractivity contribution in [3.05, 3.63) is 24.1 Å². The quantitative estimate of drug-likeness (QED) is 0.807. The van der Waals surface area contributed by atoms with Gasteiger partial charge in [-0.05, 0) is 32.6 Å². The summed E-state index contributed by atoms with van der Waals surface area (Å²) in [4.78, 5) is 5.62. The molecule has 0 spiro atoms. The van der Waals surface area contributed by atoms with Gasteiger partial charge in [-0.2, -0.15) is 4.31 Å². The van der Waals surface area contributed by atoms with Crippen LogP contribution >= 0.6 is 0 Å². The summed E-state index contributed by atoms with van der Waals surface area (Å²) >= 11 is 0. The number of aromatic nitrogens is 1. The Bertz CT molecular complexity index is 533. The van der Waals surface area contributed by atoms with Crippen molar-refractivity contribution in [3.8, 4) is 0 Å². The average molecular weight is 273 g/mol. The molecule has 0 N–H and O–H groups in total. The maximum Gasteiger partial charge on any atom is 0.263 e. The molecule has 18 heavy (non-hydrogen) atoms. The van der Waals surface area contributed by atoms with Crippen LogP contribution in [-0.4, -0.2) is 55.8 Å². The van der Waals surface area contributed by atoms with E-state index in [0.29, 0.717) is 13.1 Å². The van der Waals surface area contributed by atoms with Crippen molar-refractivity contribution in [3.63, 3.8) is 0 Å². The van der Waals surface area contributed by atoms with E-state index in [4.69, 9.17) is 0 Å². The van der Waals surface area contributed by atoms with Gasteiger partial charge >= 0.3 is 0 Å². The maximum atomic E-state index is 13.5. The van der Waals surface area contributed by atoms with Gasteiger partial charge in [0.1, 0.15) is 0 Å². The fourth-order valence-electron chi connectivity index (χ4n) is 2.03. The van der Waals surface area contributed by atoms with Crippen molar-refractivity contribution in [2.24, 2.45) is 0 Å². The third-order valence-corrected chi connectivity index (χ3v) is 4.97. The van der Waals surface area contributed by atoms with E-state index in [1.54, 1.807) is 0 Å². The molecule has 1 aromatic heterocycles. The van der Waals surface area contributed by atoms with Gasteiger partial charge in [0, 0.05) is 25.3 Å². The molecule has 0 radical (unpaired) electrons. The summed E-state index contributed by atoms with van der Waals surface area (Å²) in [5.74, 6) is -0.800. The lowest BCUT2D eigenvalue weighted by atomic mass is 10.2. The Morgan fingerprint density at radius 1 is 1.50 bits per heavy atom. The number of rotatable bonds is 3. The van der Waals surface area contributed by atoms with Crippen molar-refractivity contribution in [2.45, 2.75) is 17.5 Å². The topological polar surface area (TPSA) is 53.5 Å². The highest BCUT2D eigenvalue weighted by Crippen LogP contribution is 2.22. The number of hydrogen-bond donors (Lipinski definition) is 0. The average Bonchev–Trinajstić information content (AvgIpc) is 2.79. The first-order valence-corrected chi connectivity index (χ1v) is 7.14. The number of hydrogen-bond acceptors (Lipinski definition) is 4. The number of halogens is 1. The van der Waals surface area contributed by atoms with Crippen LogP contribution in [0.1, 0.15) is 6.42 Å². The van der Waals surface area contributed by atoms with E-state index < -0.39 is 20.9 Å². The molecule has 2 heterocycles. The van der Waals surface area contributed by atoms with Crippen molar-refractivity contribution < 1.29 is 12.8 Å². The van der Waals surface area contributed by atoms with E-state index in [1.807, 2.05) is 19.0 Å². The molecule has 0 saturated carbocycles. The number of nitrogens with zero attached hydrogens (tertiary/aromatic N) is 3. The molecule has 1 aliphatic heterocycles. The van der Waals surface area contributed by atoms with Crippen molar-refractivity contribution in [1.29, 1.82) is 0 Å². The normalized spacial score (nSPS) is 21.7. The minimum absolute atomic E-state index is 0.173. The summed E-state index contributed by atoms with van der Waals surface area (Å²) in [5.41, 5.74) is 0. The SMILES string of the molecule is CN(C)C1CCN(S(=O)(=O)c2ncccc2F)C1. The van der Waals surface area contributed by atoms with Gasteiger partial charge in [0.25, 0.3) is 10.0 Å². The first-order valence-electron chi connectivity index (χ1n) is 5.70. The molecule has 100 valence electrons. The fraction of sp³-hybridized carbons (Fsp3) is 0.545. The molecule has 1 fully saturated rings. The van der Waals surface area contributed by atoms with Gasteiger partial charge in [-0.15, -0.1) is 0 Å². The molecule has 1 saturated heterocycles. The highest BCUT2D eigenvalue weighted by molar-refractivity contribution is 7.89. The van der Waals surface area contributed by atoms with Crippen molar-refractivity contribution >= 4 is 10.0 Å². The Hall–Kier alpha value is -1.05. The van der Waals surface area contributed by atoms with Gasteiger partial charge < -0.3 is 4.90 Å². The van der Waals surface area contributed by atoms with E-state index >= 15 is 0 Å². The Kier molecular flexibility index (Phi) is 3.65. The molecule has 1 atom stereocenters. The minimum Gasteiger partial charge on any atom is -0.305 e. The number of likely N-dealkylation sites (N-methyl/N-ethyl adjacent to an activating group) is 1. The first kappa shape index (κ1) is 13.4. The second-order valence-corrected chi connectivity index (χ2v) is 6.41. The molecule has 7 heteroatoms. The molecular weight excluding hydrogens is 257 g/mol. The Labute approximate surface area is 106 Å². The first-order chi connectivity index (χ1) is 8.43. The standard InChI is InChI=1S/C11H16FN3O2S/c1-14(2)9-5-7-15(8-9)18(16,17)11-10(12)4-3-6-13-11/h3-4,6,9H,5,7-8H2,1-2H3. The molecule has 1 aromatic rings. The van der Waals surface area contributed by atoms with Crippen molar-refractivity contribution in [1.82, 2.24) is 14.2 Å². The van der Waals surface area contributed by atoms with Crippen LogP contribution in [0.2, 0.25) is 0 Å². The number of sulfonamides is 1. The highest BCUT2D eigenvalue weighted by atomic mass is 32.2. The van der Waals surface area contributed by atoms with Crippen LogP contribution in [0.5, 0.6) is 0 Å². The zero-order chi connectivity index (χ0) is 13.3. The summed E-state index contributed by atoms with van der Waals surface area (Å²) in [6, 6.07) is 2.66. The molecule has 0 aliphatic carbocycles. The Balaban J connectivity index is 2.26. The lowest BCUT2D eigenvalue weighted by Gasteiger charge is -2.20. The van der Waals surface area contributed by atoms with Gasteiger partial charge in [0.15, 0.2) is 5.82 Å². The second kappa shape index (κ2) is 4.91. The Morgan fingerprint density at radius 2 is 2.22 bits per heavy atom. The van der Waals surface area contributed by atoms with Gasteiger partial charge in [-0.3, -0.25) is 0 Å². The van der Waals surface area contributed by atoms with Crippen LogP contribution in [0, 0.1) is 5.82 Å². The maximum absolute atomic E-state index is 13.5. The van der Waals surface area contributed by atoms with E-state index in [1.165, 1.54) is 16.6 Å². The fourth-order valence-corrected chi connectivity index (χ4v) is 3.50. The van der Waals surface area contributed by atoms with Gasteiger partial charge in [0.05, 0.1) is 0 Å². The lowest BCUT2D eigenvalue weighted by Crippen LogP contribution is -2.35. The van der Waals surface area contributed by atoms with E-state index in [9.17, 15) is 12.8 Å². The zero-order valence-corrected chi connectivity index (χ0v) is 11.2. The summed E-state index contributed by atoms with van der Waals surface area (Å²) in [5, 5.41) is -0.482. The van der Waals surface area contributed by atoms with Crippen LogP contribution < -0.4 is 0 Å². The molecule has 1 unspecified atom stereocenters. The smallest absolute Gasteiger partial charge is 0.263 e. The summed E-state index contributed by atoms with van der Waals surface area (Å²) in [7, 11) is -0.00546. The van der Waals surface area contributed by atoms with Crippen LogP contribution in [0.4, 0.5) is 4.39 Å². The van der Waals surface area contributed by atoms with Gasteiger partial charge in [-0.1, -0.05) is 0 Å². The van der Waals surface area contributed by atoms with E-state index in [-0.39, 0.29) is 6.04 Å². The summed E-state index contributed by atoms with van der Waals surface area (Å²) in [6.45, 7) is 0.784. The highest BCUT2D eigenvalue weighted by Gasteiger charge is 2.35. The van der Waals surface area contributed by atoms with Crippen LogP contribution in [-0.2, 0) is 10.0 Å². The molecule has 0 bridgehead atoms. The monoisotopic (exact) mass is 273 g/mol. The second-order valence-electron chi connectivity index (χ2n) is 4.56. The van der Waals surface area contributed by atoms with Crippen LogP contribution in [0.15, 0.2) is 23.4 Å². The summed E-state index contributed by atoms with van der Waals surface area (Å²) in [6.07, 6.45) is 2.04. The van der Waals surface area contributed by atoms with Crippen LogP contribution in [0.3, 0.4) is 0 Å². The molecular formula is C11H16FN3O2S. The molecule has 0 amide bonds. The third-order valence-electron chi connectivity index (χ3n) is 3.17. The van der Waals surface area contributed by atoms with E-state index in [0.717, 1.165) is 12.5 Å². The van der Waals surface area contributed by atoms with Gasteiger partial charge in [-0.25, -0.2) is 17.8 Å². The third kappa shape index (κ3) is 2.38. The molecule has 5 nitrogen and oxygen atoms in total. The molecule has 1 aliphatic rings. The zero-order valence-electron chi connectivity index (χ0n) is 10.4. The minimum atomic E-state index is -3.82. The van der Waals surface area contributed by atoms with E-state index in [2.05, 4.69) is 4.98 Å². The van der Waals surface area contributed by atoms with Gasteiger partial charge in [0.2, 0.25) is 5.03 Å². The predicted molar refractivity (Wildman–Crippen MR) is 65.0 cm³/mol. The molecule has 2 rings (SSSR count). The lowest BCUT2D eigenvalue weighted by molar-refractivity contribution is 0.302. The molecule has 0 aromatic carbocycles. The largest absolute Gasteiger partial charge is 0.305 e. The van der Waals surface area contributed by atoms with Crippen molar-refractivity contribution in [2.75, 3.05) is 27.2 Å². The number of pyridine rings is 1. The predicted octanol–water partition coefficient (Wildman–Crippen LogP) is 0.545. The Morgan fingerprint density at radius 3 is 2.78 bits per heavy atom. The summed E-state index contributed by atoms with van der Waals surface area (Å²) < 4.78 is 39.3. The van der Waals surface area contributed by atoms with Crippen LogP contribution in [0.25, 0.3) is 0 Å².